The Bertz CT molecular complexity index is 292. The molecule has 1 rings (SSSR count). The lowest BCUT2D eigenvalue weighted by molar-refractivity contribution is -0.154. The maximum Gasteiger partial charge on any atom is 0.422 e. The van der Waals surface area contributed by atoms with E-state index in [9.17, 15) is 13.2 Å². The molecule has 0 fully saturated rings. The van der Waals surface area contributed by atoms with Crippen molar-refractivity contribution in [3.63, 3.8) is 0 Å². The number of ether oxygens (including phenoxy) is 1. The Balaban J connectivity index is 2.59. The van der Waals surface area contributed by atoms with Gasteiger partial charge >= 0.3 is 6.18 Å². The number of halogens is 3. The van der Waals surface area contributed by atoms with E-state index in [1.807, 2.05) is 0 Å². The summed E-state index contributed by atoms with van der Waals surface area (Å²) in [5.74, 6) is -0.00479. The molecule has 3 nitrogen and oxygen atoms in total. The molecule has 0 amide bonds. The van der Waals surface area contributed by atoms with Gasteiger partial charge < -0.3 is 4.74 Å². The Kier molecular flexibility index (Phi) is 2.49. The first kappa shape index (κ1) is 9.88. The summed E-state index contributed by atoms with van der Waals surface area (Å²) in [5, 5.41) is 3.78. The van der Waals surface area contributed by atoms with E-state index in [1.165, 1.54) is 11.7 Å². The number of hydrogen-bond donors (Lipinski definition) is 0. The SMILES string of the molecule is Cc1[c]c(OCC(F)(F)F)n(C)n1. The van der Waals surface area contributed by atoms with Crippen LogP contribution in [0.1, 0.15) is 5.69 Å². The van der Waals surface area contributed by atoms with Crippen molar-refractivity contribution in [1.82, 2.24) is 9.78 Å². The van der Waals surface area contributed by atoms with Gasteiger partial charge in [-0.2, -0.15) is 18.3 Å². The van der Waals surface area contributed by atoms with Crippen LogP contribution in [0.5, 0.6) is 5.88 Å². The van der Waals surface area contributed by atoms with Crippen molar-refractivity contribution < 1.29 is 17.9 Å². The van der Waals surface area contributed by atoms with Crippen LogP contribution in [-0.2, 0) is 7.05 Å². The van der Waals surface area contributed by atoms with Crippen molar-refractivity contribution in [2.75, 3.05) is 6.61 Å². The molecule has 0 aliphatic heterocycles. The molecule has 0 atom stereocenters. The maximum atomic E-state index is 11.7. The molecule has 0 bridgehead atoms. The van der Waals surface area contributed by atoms with Gasteiger partial charge in [0.05, 0.1) is 11.8 Å². The molecule has 1 heterocycles. The van der Waals surface area contributed by atoms with Gasteiger partial charge in [-0.3, -0.25) is 0 Å². The van der Waals surface area contributed by atoms with Gasteiger partial charge in [0.25, 0.3) is 0 Å². The van der Waals surface area contributed by atoms with Gasteiger partial charge in [-0.05, 0) is 6.92 Å². The summed E-state index contributed by atoms with van der Waals surface area (Å²) in [6.45, 7) is 0.308. The van der Waals surface area contributed by atoms with Crippen molar-refractivity contribution in [2.24, 2.45) is 7.05 Å². The molecule has 0 spiro atoms. The number of aryl methyl sites for hydroxylation is 2. The number of nitrogens with zero attached hydrogens (tertiary/aromatic N) is 2. The molecular formula is C7H8F3N2O. The standard InChI is InChI=1S/C7H8F3N2O/c1-5-3-6(12(2)11-5)13-4-7(8,9)10/h4H2,1-2H3. The monoisotopic (exact) mass is 193 g/mol. The van der Waals surface area contributed by atoms with E-state index in [4.69, 9.17) is 0 Å². The van der Waals surface area contributed by atoms with Crippen LogP contribution in [0.4, 0.5) is 13.2 Å². The van der Waals surface area contributed by atoms with E-state index >= 15 is 0 Å². The Hall–Kier alpha value is -1.20. The van der Waals surface area contributed by atoms with Crippen molar-refractivity contribution in [3.8, 4) is 5.88 Å². The third-order valence-electron chi connectivity index (χ3n) is 1.25. The molecule has 0 unspecified atom stereocenters. The van der Waals surface area contributed by atoms with E-state index in [1.54, 1.807) is 6.92 Å². The zero-order valence-corrected chi connectivity index (χ0v) is 7.14. The van der Waals surface area contributed by atoms with Crippen molar-refractivity contribution in [3.05, 3.63) is 11.8 Å². The molecule has 1 aromatic heterocycles. The van der Waals surface area contributed by atoms with E-state index in [-0.39, 0.29) is 5.88 Å². The fourth-order valence-corrected chi connectivity index (χ4v) is 0.811. The molecule has 6 heteroatoms. The molecule has 0 aliphatic carbocycles. The third kappa shape index (κ3) is 2.96. The Morgan fingerprint density at radius 1 is 1.54 bits per heavy atom. The Morgan fingerprint density at radius 3 is 2.54 bits per heavy atom. The fraction of sp³-hybridized carbons (Fsp3) is 0.571. The van der Waals surface area contributed by atoms with Gasteiger partial charge in [-0.25, -0.2) is 4.68 Å². The predicted molar refractivity (Wildman–Crippen MR) is 38.3 cm³/mol. The minimum atomic E-state index is -4.33. The minimum absolute atomic E-state index is 0.00479. The highest BCUT2D eigenvalue weighted by atomic mass is 19.4. The predicted octanol–water partition coefficient (Wildman–Crippen LogP) is 1.47. The van der Waals surface area contributed by atoms with Crippen LogP contribution in [0, 0.1) is 13.0 Å². The van der Waals surface area contributed by atoms with Gasteiger partial charge in [0.1, 0.15) is 0 Å². The number of aromatic nitrogens is 2. The fourth-order valence-electron chi connectivity index (χ4n) is 0.811. The summed E-state index contributed by atoms with van der Waals surface area (Å²) in [6.07, 6.45) is -4.33. The van der Waals surface area contributed by atoms with E-state index in [0.717, 1.165) is 0 Å². The maximum absolute atomic E-state index is 11.7. The quantitative estimate of drug-likeness (QED) is 0.711. The van der Waals surface area contributed by atoms with Crippen LogP contribution in [0.15, 0.2) is 0 Å². The smallest absolute Gasteiger partial charge is 0.422 e. The van der Waals surface area contributed by atoms with Gasteiger partial charge in [0.2, 0.25) is 5.88 Å². The van der Waals surface area contributed by atoms with Crippen LogP contribution >= 0.6 is 0 Å². The third-order valence-corrected chi connectivity index (χ3v) is 1.25. The second-order valence-electron chi connectivity index (χ2n) is 2.54. The first-order chi connectivity index (χ1) is 5.88. The zero-order chi connectivity index (χ0) is 10.1. The molecule has 0 N–H and O–H groups in total. The molecule has 0 saturated heterocycles. The number of hydrogen-bond acceptors (Lipinski definition) is 2. The van der Waals surface area contributed by atoms with Crippen molar-refractivity contribution >= 4 is 0 Å². The molecule has 73 valence electrons. The number of alkyl halides is 3. The molecule has 0 aromatic carbocycles. The first-order valence-electron chi connectivity index (χ1n) is 3.51. The number of rotatable bonds is 2. The lowest BCUT2D eigenvalue weighted by Gasteiger charge is -2.07. The summed E-state index contributed by atoms with van der Waals surface area (Å²) >= 11 is 0. The molecule has 0 aliphatic rings. The lowest BCUT2D eigenvalue weighted by Crippen LogP contribution is -2.20. The summed E-state index contributed by atoms with van der Waals surface area (Å²) < 4.78 is 40.8. The van der Waals surface area contributed by atoms with E-state index in [0.29, 0.717) is 5.69 Å². The average molecular weight is 193 g/mol. The largest absolute Gasteiger partial charge is 0.468 e. The molecule has 0 saturated carbocycles. The second-order valence-corrected chi connectivity index (χ2v) is 2.54. The van der Waals surface area contributed by atoms with Crippen LogP contribution < -0.4 is 4.74 Å². The highest BCUT2D eigenvalue weighted by molar-refractivity contribution is 5.11. The molecule has 1 aromatic rings. The van der Waals surface area contributed by atoms with Crippen molar-refractivity contribution in [1.29, 1.82) is 0 Å². The van der Waals surface area contributed by atoms with Gasteiger partial charge in [0.15, 0.2) is 6.61 Å². The highest BCUT2D eigenvalue weighted by Crippen LogP contribution is 2.17. The molecule has 1 radical (unpaired) electrons. The average Bonchev–Trinajstić information content (AvgIpc) is 2.24. The van der Waals surface area contributed by atoms with Gasteiger partial charge in [0, 0.05) is 7.05 Å². The van der Waals surface area contributed by atoms with Crippen LogP contribution in [0.3, 0.4) is 0 Å². The summed E-state index contributed by atoms with van der Waals surface area (Å²) in [7, 11) is 1.50. The van der Waals surface area contributed by atoms with E-state index < -0.39 is 12.8 Å². The second kappa shape index (κ2) is 3.27. The Labute approximate surface area is 73.1 Å². The molecular weight excluding hydrogens is 185 g/mol. The lowest BCUT2D eigenvalue weighted by atomic mass is 10.5. The summed E-state index contributed by atoms with van der Waals surface area (Å²) in [4.78, 5) is 0. The van der Waals surface area contributed by atoms with Crippen LogP contribution in [-0.4, -0.2) is 22.6 Å². The van der Waals surface area contributed by atoms with Gasteiger partial charge in [-0.1, -0.05) is 0 Å². The topological polar surface area (TPSA) is 27.1 Å². The Morgan fingerprint density at radius 2 is 2.15 bits per heavy atom. The minimum Gasteiger partial charge on any atom is -0.468 e. The van der Waals surface area contributed by atoms with Crippen molar-refractivity contribution in [2.45, 2.75) is 13.1 Å². The first-order valence-corrected chi connectivity index (χ1v) is 3.51. The molecule has 13 heavy (non-hydrogen) atoms. The normalized spacial score (nSPS) is 11.8. The van der Waals surface area contributed by atoms with E-state index in [2.05, 4.69) is 15.9 Å². The van der Waals surface area contributed by atoms with Crippen LogP contribution in [0.25, 0.3) is 0 Å². The highest BCUT2D eigenvalue weighted by Gasteiger charge is 2.29. The summed E-state index contributed by atoms with van der Waals surface area (Å²) in [5.41, 5.74) is 0.500. The zero-order valence-electron chi connectivity index (χ0n) is 7.14. The summed E-state index contributed by atoms with van der Waals surface area (Å²) in [6, 6.07) is 2.55. The van der Waals surface area contributed by atoms with Gasteiger partial charge in [-0.15, -0.1) is 0 Å². The van der Waals surface area contributed by atoms with Crippen LogP contribution in [0.2, 0.25) is 0 Å².